The van der Waals surface area contributed by atoms with Gasteiger partial charge in [-0.15, -0.1) is 0 Å². The number of rotatable bonds is 9. The Balaban J connectivity index is 2.63. The van der Waals surface area contributed by atoms with E-state index in [-0.39, 0.29) is 6.61 Å². The van der Waals surface area contributed by atoms with Crippen molar-refractivity contribution in [2.45, 2.75) is 26.3 Å². The number of nitrogens with two attached hydrogens (primary N) is 1. The predicted molar refractivity (Wildman–Crippen MR) is 74.3 cm³/mol. The Morgan fingerprint density at radius 2 is 2.16 bits per heavy atom. The third-order valence-electron chi connectivity index (χ3n) is 2.63. The van der Waals surface area contributed by atoms with Crippen molar-refractivity contribution in [2.75, 3.05) is 20.3 Å². The lowest BCUT2D eigenvalue weighted by molar-refractivity contribution is -0.119. The van der Waals surface area contributed by atoms with Gasteiger partial charge in [0.25, 0.3) is 5.91 Å². The smallest absolute Gasteiger partial charge is 0.255 e. The van der Waals surface area contributed by atoms with Crippen LogP contribution in [0.25, 0.3) is 0 Å². The Labute approximate surface area is 114 Å². The molecule has 5 nitrogen and oxygen atoms in total. The van der Waals surface area contributed by atoms with E-state index >= 15 is 0 Å². The summed E-state index contributed by atoms with van der Waals surface area (Å²) in [6, 6.07) is 5.66. The summed E-state index contributed by atoms with van der Waals surface area (Å²) < 4.78 is 10.5. The number of benzene rings is 1. The summed E-state index contributed by atoms with van der Waals surface area (Å²) in [7, 11) is 1.56. The molecule has 0 unspecified atom stereocenters. The Hall–Kier alpha value is -1.75. The number of hydrogen-bond acceptors (Lipinski definition) is 4. The van der Waals surface area contributed by atoms with Crippen LogP contribution in [0.5, 0.6) is 11.5 Å². The van der Waals surface area contributed by atoms with Crippen LogP contribution in [0, 0.1) is 0 Å². The van der Waals surface area contributed by atoms with Gasteiger partial charge in [-0.1, -0.05) is 19.4 Å². The van der Waals surface area contributed by atoms with E-state index in [1.807, 2.05) is 18.2 Å². The molecule has 1 aromatic rings. The van der Waals surface area contributed by atoms with Gasteiger partial charge in [0.2, 0.25) is 0 Å². The molecule has 0 atom stereocenters. The zero-order valence-electron chi connectivity index (χ0n) is 11.6. The fourth-order valence-corrected chi connectivity index (χ4v) is 1.63. The molecular weight excluding hydrogens is 244 g/mol. The molecule has 0 saturated heterocycles. The minimum Gasteiger partial charge on any atom is -0.493 e. The molecule has 0 radical (unpaired) electrons. The van der Waals surface area contributed by atoms with Gasteiger partial charge in [0.05, 0.1) is 7.11 Å². The van der Waals surface area contributed by atoms with Crippen molar-refractivity contribution in [1.29, 1.82) is 0 Å². The van der Waals surface area contributed by atoms with Gasteiger partial charge < -0.3 is 20.5 Å². The molecule has 0 fully saturated rings. The molecule has 1 rings (SSSR count). The van der Waals surface area contributed by atoms with Crippen molar-refractivity contribution in [3.63, 3.8) is 0 Å². The molecule has 0 aliphatic rings. The monoisotopic (exact) mass is 266 g/mol. The van der Waals surface area contributed by atoms with E-state index in [9.17, 15) is 4.79 Å². The van der Waals surface area contributed by atoms with E-state index in [4.69, 9.17) is 15.2 Å². The molecule has 0 aliphatic carbocycles. The molecule has 3 N–H and O–H groups in total. The Bertz CT molecular complexity index is 408. The summed E-state index contributed by atoms with van der Waals surface area (Å²) in [6.07, 6.45) is 2.32. The molecule has 0 bridgehead atoms. The molecule has 0 spiro atoms. The predicted octanol–water partition coefficient (Wildman–Crippen LogP) is 1.45. The number of hydrogen-bond donors (Lipinski definition) is 2. The van der Waals surface area contributed by atoms with E-state index < -0.39 is 5.91 Å². The summed E-state index contributed by atoms with van der Waals surface area (Å²) in [4.78, 5) is 10.7. The van der Waals surface area contributed by atoms with E-state index in [1.165, 1.54) is 6.42 Å². The topological polar surface area (TPSA) is 73.6 Å². The fourth-order valence-electron chi connectivity index (χ4n) is 1.63. The minimum absolute atomic E-state index is 0.150. The van der Waals surface area contributed by atoms with Crippen LogP contribution in [0.3, 0.4) is 0 Å². The second-order valence-corrected chi connectivity index (χ2v) is 4.27. The van der Waals surface area contributed by atoms with Crippen LogP contribution in [0.2, 0.25) is 0 Å². The van der Waals surface area contributed by atoms with E-state index in [0.717, 1.165) is 25.1 Å². The summed E-state index contributed by atoms with van der Waals surface area (Å²) in [5.74, 6) is 0.628. The third kappa shape index (κ3) is 5.61. The first-order chi connectivity index (χ1) is 9.17. The first kappa shape index (κ1) is 15.3. The van der Waals surface area contributed by atoms with Gasteiger partial charge in [0.1, 0.15) is 0 Å². The number of methoxy groups -OCH3 is 1. The zero-order valence-corrected chi connectivity index (χ0v) is 11.6. The second kappa shape index (κ2) is 8.37. The molecule has 1 aromatic carbocycles. The summed E-state index contributed by atoms with van der Waals surface area (Å²) in [6.45, 7) is 3.75. The maximum atomic E-state index is 10.7. The standard InChI is InChI=1S/C14H22N2O3/c1-3-4-7-16-9-11-5-6-12(18-2)13(8-11)19-10-14(15)17/h5-6,8,16H,3-4,7,9-10H2,1-2H3,(H2,15,17). The number of nitrogens with one attached hydrogen (secondary N) is 1. The Morgan fingerprint density at radius 3 is 2.79 bits per heavy atom. The van der Waals surface area contributed by atoms with Crippen molar-refractivity contribution >= 4 is 5.91 Å². The molecule has 0 heterocycles. The second-order valence-electron chi connectivity index (χ2n) is 4.27. The molecule has 19 heavy (non-hydrogen) atoms. The van der Waals surface area contributed by atoms with Crippen LogP contribution in [-0.4, -0.2) is 26.2 Å². The Kier molecular flexibility index (Phi) is 6.74. The number of ether oxygens (including phenoxy) is 2. The maximum absolute atomic E-state index is 10.7. The highest BCUT2D eigenvalue weighted by molar-refractivity contribution is 5.75. The first-order valence-electron chi connectivity index (χ1n) is 6.46. The number of carbonyl (C=O) groups excluding carboxylic acids is 1. The van der Waals surface area contributed by atoms with Crippen molar-refractivity contribution in [2.24, 2.45) is 5.73 Å². The SMILES string of the molecule is CCCCNCc1ccc(OC)c(OCC(N)=O)c1. The van der Waals surface area contributed by atoms with Crippen LogP contribution >= 0.6 is 0 Å². The van der Waals surface area contributed by atoms with Gasteiger partial charge in [-0.25, -0.2) is 0 Å². The molecule has 5 heteroatoms. The van der Waals surface area contributed by atoms with Crippen LogP contribution in [0.4, 0.5) is 0 Å². The van der Waals surface area contributed by atoms with Gasteiger partial charge >= 0.3 is 0 Å². The number of primary amides is 1. The number of amides is 1. The largest absolute Gasteiger partial charge is 0.493 e. The maximum Gasteiger partial charge on any atom is 0.255 e. The molecular formula is C14H22N2O3. The van der Waals surface area contributed by atoms with Crippen molar-refractivity contribution < 1.29 is 14.3 Å². The highest BCUT2D eigenvalue weighted by Gasteiger charge is 2.07. The zero-order chi connectivity index (χ0) is 14.1. The quantitative estimate of drug-likeness (QED) is 0.663. The van der Waals surface area contributed by atoms with Gasteiger partial charge in [0.15, 0.2) is 18.1 Å². The molecule has 0 aliphatic heterocycles. The third-order valence-corrected chi connectivity index (χ3v) is 2.63. The van der Waals surface area contributed by atoms with E-state index in [2.05, 4.69) is 12.2 Å². The highest BCUT2D eigenvalue weighted by Crippen LogP contribution is 2.27. The molecule has 0 aromatic heterocycles. The van der Waals surface area contributed by atoms with Crippen molar-refractivity contribution in [3.8, 4) is 11.5 Å². The van der Waals surface area contributed by atoms with Crippen molar-refractivity contribution in [1.82, 2.24) is 5.32 Å². The van der Waals surface area contributed by atoms with Gasteiger partial charge in [-0.2, -0.15) is 0 Å². The number of unbranched alkanes of at least 4 members (excludes halogenated alkanes) is 1. The average molecular weight is 266 g/mol. The van der Waals surface area contributed by atoms with Gasteiger partial charge in [0, 0.05) is 6.54 Å². The minimum atomic E-state index is -0.506. The van der Waals surface area contributed by atoms with Gasteiger partial charge in [-0.05, 0) is 30.7 Å². The molecule has 1 amide bonds. The van der Waals surface area contributed by atoms with Gasteiger partial charge in [-0.3, -0.25) is 4.79 Å². The molecule has 0 saturated carbocycles. The van der Waals surface area contributed by atoms with Crippen LogP contribution in [-0.2, 0) is 11.3 Å². The summed E-state index contributed by atoms with van der Waals surface area (Å²) in [5.41, 5.74) is 6.15. The first-order valence-corrected chi connectivity index (χ1v) is 6.46. The fraction of sp³-hybridized carbons (Fsp3) is 0.500. The number of carbonyl (C=O) groups is 1. The van der Waals surface area contributed by atoms with E-state index in [0.29, 0.717) is 11.5 Å². The lowest BCUT2D eigenvalue weighted by Gasteiger charge is -2.11. The highest BCUT2D eigenvalue weighted by atomic mass is 16.5. The van der Waals surface area contributed by atoms with E-state index in [1.54, 1.807) is 7.11 Å². The van der Waals surface area contributed by atoms with Crippen LogP contribution in [0.15, 0.2) is 18.2 Å². The average Bonchev–Trinajstić information content (AvgIpc) is 2.41. The van der Waals surface area contributed by atoms with Crippen LogP contribution in [0.1, 0.15) is 25.3 Å². The summed E-state index contributed by atoms with van der Waals surface area (Å²) >= 11 is 0. The van der Waals surface area contributed by atoms with Crippen molar-refractivity contribution in [3.05, 3.63) is 23.8 Å². The normalized spacial score (nSPS) is 10.2. The molecule has 106 valence electrons. The summed E-state index contributed by atoms with van der Waals surface area (Å²) in [5, 5.41) is 3.34. The lowest BCUT2D eigenvalue weighted by Crippen LogP contribution is -2.20. The van der Waals surface area contributed by atoms with Crippen LogP contribution < -0.4 is 20.5 Å². The Morgan fingerprint density at radius 1 is 1.37 bits per heavy atom. The lowest BCUT2D eigenvalue weighted by atomic mass is 10.2.